The van der Waals surface area contributed by atoms with Crippen molar-refractivity contribution in [1.82, 2.24) is 0 Å². The summed E-state index contributed by atoms with van der Waals surface area (Å²) in [5, 5.41) is 9.64. The maximum atomic E-state index is 11.3. The van der Waals surface area contributed by atoms with Gasteiger partial charge in [0.25, 0.3) is 0 Å². The fraction of sp³-hybridized carbons (Fsp3) is 0.533. The number of aromatic carboxylic acids is 1. The lowest BCUT2D eigenvalue weighted by Gasteiger charge is -2.36. The number of rotatable bonds is 3. The lowest BCUT2D eigenvalue weighted by Crippen LogP contribution is -2.41. The molecular formula is C15H18O4S. The van der Waals surface area contributed by atoms with Crippen molar-refractivity contribution in [2.75, 3.05) is 19.8 Å². The molecule has 108 valence electrons. The van der Waals surface area contributed by atoms with Gasteiger partial charge in [-0.2, -0.15) is 0 Å². The van der Waals surface area contributed by atoms with Crippen LogP contribution in [0.15, 0.2) is 29.2 Å². The van der Waals surface area contributed by atoms with Crippen molar-refractivity contribution in [2.24, 2.45) is 0 Å². The molecular weight excluding hydrogens is 276 g/mol. The van der Waals surface area contributed by atoms with Gasteiger partial charge in [-0.15, -0.1) is 11.8 Å². The Labute approximate surface area is 122 Å². The van der Waals surface area contributed by atoms with Crippen molar-refractivity contribution in [3.63, 3.8) is 0 Å². The summed E-state index contributed by atoms with van der Waals surface area (Å²) in [6.45, 7) is 2.17. The number of carboxylic acids is 1. The summed E-state index contributed by atoms with van der Waals surface area (Å²) in [5.74, 6) is -0.862. The Morgan fingerprint density at radius 2 is 2.20 bits per heavy atom. The highest BCUT2D eigenvalue weighted by atomic mass is 32.2. The van der Waals surface area contributed by atoms with Crippen LogP contribution in [-0.2, 0) is 9.47 Å². The van der Waals surface area contributed by atoms with Gasteiger partial charge in [0.1, 0.15) is 0 Å². The van der Waals surface area contributed by atoms with E-state index >= 15 is 0 Å². The number of benzene rings is 1. The summed E-state index contributed by atoms with van der Waals surface area (Å²) in [6, 6.07) is 7.21. The topological polar surface area (TPSA) is 55.8 Å². The second-order valence-electron chi connectivity index (χ2n) is 5.37. The zero-order chi connectivity index (χ0) is 14.0. The molecule has 2 aliphatic rings. The number of hydrogen-bond donors (Lipinski definition) is 1. The van der Waals surface area contributed by atoms with Crippen molar-refractivity contribution < 1.29 is 19.4 Å². The molecule has 2 aliphatic heterocycles. The highest BCUT2D eigenvalue weighted by Gasteiger charge is 2.41. The van der Waals surface area contributed by atoms with E-state index in [-0.39, 0.29) is 5.60 Å². The molecule has 2 atom stereocenters. The summed E-state index contributed by atoms with van der Waals surface area (Å²) in [7, 11) is 0. The molecule has 2 fully saturated rings. The normalized spacial score (nSPS) is 29.7. The van der Waals surface area contributed by atoms with Gasteiger partial charge in [-0.1, -0.05) is 12.1 Å². The Hall–Kier alpha value is -1.04. The summed E-state index contributed by atoms with van der Waals surface area (Å²) in [5.41, 5.74) is 0.259. The Morgan fingerprint density at radius 1 is 1.35 bits per heavy atom. The Kier molecular flexibility index (Phi) is 4.01. The molecule has 0 aliphatic carbocycles. The van der Waals surface area contributed by atoms with Crippen LogP contribution < -0.4 is 0 Å². The van der Waals surface area contributed by atoms with Crippen molar-refractivity contribution in [3.05, 3.63) is 29.8 Å². The lowest BCUT2D eigenvalue weighted by molar-refractivity contribution is -0.0769. The van der Waals surface area contributed by atoms with Crippen LogP contribution in [0.1, 0.15) is 29.6 Å². The third-order valence-corrected chi connectivity index (χ3v) is 5.27. The minimum atomic E-state index is -0.862. The minimum absolute atomic E-state index is 0.131. The van der Waals surface area contributed by atoms with Crippen LogP contribution in [0.3, 0.4) is 0 Å². The van der Waals surface area contributed by atoms with Crippen molar-refractivity contribution >= 4 is 17.7 Å². The van der Waals surface area contributed by atoms with E-state index < -0.39 is 5.97 Å². The fourth-order valence-electron chi connectivity index (χ4n) is 2.87. The second kappa shape index (κ2) is 5.76. The number of carbonyl (C=O) groups is 1. The fourth-order valence-corrected chi connectivity index (χ4v) is 4.27. The van der Waals surface area contributed by atoms with Crippen molar-refractivity contribution in [2.45, 2.75) is 35.0 Å². The van der Waals surface area contributed by atoms with Gasteiger partial charge in [-0.05, 0) is 25.0 Å². The quantitative estimate of drug-likeness (QED) is 0.929. The zero-order valence-corrected chi connectivity index (χ0v) is 12.0. The van der Waals surface area contributed by atoms with E-state index in [1.54, 1.807) is 23.9 Å². The first-order chi connectivity index (χ1) is 9.69. The predicted octanol–water partition coefficient (Wildman–Crippen LogP) is 2.82. The molecule has 1 aromatic rings. The van der Waals surface area contributed by atoms with Crippen LogP contribution >= 0.6 is 11.8 Å². The number of hydrogen-bond acceptors (Lipinski definition) is 4. The van der Waals surface area contributed by atoms with Crippen LogP contribution in [0, 0.1) is 0 Å². The highest BCUT2D eigenvalue weighted by molar-refractivity contribution is 8.00. The van der Waals surface area contributed by atoms with Gasteiger partial charge >= 0.3 is 5.97 Å². The van der Waals surface area contributed by atoms with E-state index in [2.05, 4.69) is 0 Å². The Bertz CT molecular complexity index is 496. The largest absolute Gasteiger partial charge is 0.478 e. The van der Waals surface area contributed by atoms with Crippen molar-refractivity contribution in [3.8, 4) is 0 Å². The molecule has 0 amide bonds. The summed E-state index contributed by atoms with van der Waals surface area (Å²) in [6.07, 6.45) is 2.84. The van der Waals surface area contributed by atoms with Gasteiger partial charge < -0.3 is 14.6 Å². The molecule has 2 unspecified atom stereocenters. The molecule has 4 nitrogen and oxygen atoms in total. The second-order valence-corrected chi connectivity index (χ2v) is 6.71. The third kappa shape index (κ3) is 2.85. The molecule has 3 rings (SSSR count). The number of thioether (sulfide) groups is 1. The average molecular weight is 294 g/mol. The van der Waals surface area contributed by atoms with Crippen molar-refractivity contribution in [1.29, 1.82) is 0 Å². The third-order valence-electron chi connectivity index (χ3n) is 3.93. The van der Waals surface area contributed by atoms with E-state index in [0.717, 1.165) is 37.4 Å². The molecule has 0 aromatic heterocycles. The monoisotopic (exact) mass is 294 g/mol. The first-order valence-corrected chi connectivity index (χ1v) is 7.77. The minimum Gasteiger partial charge on any atom is -0.478 e. The molecule has 1 N–H and O–H groups in total. The Balaban J connectivity index is 1.73. The molecule has 1 aromatic carbocycles. The van der Waals surface area contributed by atoms with Crippen LogP contribution in [-0.4, -0.2) is 41.7 Å². The van der Waals surface area contributed by atoms with E-state index in [9.17, 15) is 9.90 Å². The molecule has 0 radical (unpaired) electrons. The van der Waals surface area contributed by atoms with Gasteiger partial charge in [0.05, 0.1) is 17.8 Å². The van der Waals surface area contributed by atoms with E-state index in [0.29, 0.717) is 17.4 Å². The summed E-state index contributed by atoms with van der Waals surface area (Å²) in [4.78, 5) is 12.1. The number of carboxylic acid groups (broad SMARTS) is 1. The first kappa shape index (κ1) is 13.9. The highest BCUT2D eigenvalue weighted by Crippen LogP contribution is 2.40. The molecule has 5 heteroatoms. The maximum Gasteiger partial charge on any atom is 0.336 e. The first-order valence-electron chi connectivity index (χ1n) is 6.89. The predicted molar refractivity (Wildman–Crippen MR) is 76.4 cm³/mol. The standard InChI is InChI=1S/C15H18O4S/c16-14(17)12-3-1-2-4-13(12)20-11-5-7-19-15(9-11)6-8-18-10-15/h1-4,11H,5-10H2,(H,16,17). The lowest BCUT2D eigenvalue weighted by atomic mass is 9.93. The van der Waals surface area contributed by atoms with E-state index in [1.165, 1.54) is 0 Å². The SMILES string of the molecule is O=C(O)c1ccccc1SC1CCOC2(CCOC2)C1. The van der Waals surface area contributed by atoms with Crippen LogP contribution in [0.5, 0.6) is 0 Å². The van der Waals surface area contributed by atoms with Gasteiger partial charge in [-0.3, -0.25) is 0 Å². The van der Waals surface area contributed by atoms with Gasteiger partial charge in [0.2, 0.25) is 0 Å². The van der Waals surface area contributed by atoms with E-state index in [1.807, 2.05) is 12.1 Å². The van der Waals surface area contributed by atoms with Gasteiger partial charge in [-0.25, -0.2) is 4.79 Å². The summed E-state index contributed by atoms with van der Waals surface area (Å²) < 4.78 is 11.4. The molecule has 0 bridgehead atoms. The maximum absolute atomic E-state index is 11.3. The molecule has 1 spiro atoms. The van der Waals surface area contributed by atoms with Crippen LogP contribution in [0.25, 0.3) is 0 Å². The van der Waals surface area contributed by atoms with Crippen LogP contribution in [0.2, 0.25) is 0 Å². The van der Waals surface area contributed by atoms with Gasteiger partial charge in [0.15, 0.2) is 0 Å². The molecule has 0 saturated carbocycles. The molecule has 2 heterocycles. The van der Waals surface area contributed by atoms with Gasteiger partial charge in [0, 0.05) is 29.8 Å². The molecule has 2 saturated heterocycles. The summed E-state index contributed by atoms with van der Waals surface area (Å²) >= 11 is 1.66. The Morgan fingerprint density at radius 3 is 2.95 bits per heavy atom. The smallest absolute Gasteiger partial charge is 0.336 e. The molecule has 20 heavy (non-hydrogen) atoms. The number of ether oxygens (including phenoxy) is 2. The van der Waals surface area contributed by atoms with E-state index in [4.69, 9.17) is 9.47 Å². The zero-order valence-electron chi connectivity index (χ0n) is 11.2. The average Bonchev–Trinajstić information content (AvgIpc) is 2.87. The van der Waals surface area contributed by atoms with Crippen LogP contribution in [0.4, 0.5) is 0 Å².